The van der Waals surface area contributed by atoms with Crippen LogP contribution in [-0.4, -0.2) is 18.8 Å². The van der Waals surface area contributed by atoms with Crippen molar-refractivity contribution in [1.82, 2.24) is 0 Å². The third-order valence-electron chi connectivity index (χ3n) is 2.11. The molecule has 0 amide bonds. The fourth-order valence-electron chi connectivity index (χ4n) is 1.39. The summed E-state index contributed by atoms with van der Waals surface area (Å²) in [7, 11) is 1.56. The van der Waals surface area contributed by atoms with Crippen LogP contribution in [-0.2, 0) is 0 Å². The summed E-state index contributed by atoms with van der Waals surface area (Å²) in [5.74, 6) is 0.652. The van der Waals surface area contributed by atoms with Crippen LogP contribution in [0.1, 0.15) is 17.2 Å². The van der Waals surface area contributed by atoms with Gasteiger partial charge in [0.25, 0.3) is 0 Å². The predicted octanol–water partition coefficient (Wildman–Crippen LogP) is 1.65. The molecule has 0 bridgehead atoms. The molecule has 3 N–H and O–H groups in total. The van der Waals surface area contributed by atoms with Crippen molar-refractivity contribution in [3.8, 4) is 5.75 Å². The van der Waals surface area contributed by atoms with Crippen LogP contribution in [0.25, 0.3) is 0 Å². The van der Waals surface area contributed by atoms with E-state index >= 15 is 0 Å². The molecule has 0 aromatic heterocycles. The Morgan fingerprint density at radius 3 is 2.71 bits per heavy atom. The van der Waals surface area contributed by atoms with Gasteiger partial charge >= 0.3 is 0 Å². The van der Waals surface area contributed by atoms with Gasteiger partial charge in [0.15, 0.2) is 0 Å². The lowest BCUT2D eigenvalue weighted by Crippen LogP contribution is -2.16. The van der Waals surface area contributed by atoms with Crippen LogP contribution in [0, 0.1) is 6.92 Å². The number of nitrogens with two attached hydrogens (primary N) is 1. The topological polar surface area (TPSA) is 55.5 Å². The molecule has 0 heterocycles. The first kappa shape index (κ1) is 11.3. The molecule has 4 heteroatoms. The molecule has 0 saturated carbocycles. The molecule has 1 atom stereocenters. The van der Waals surface area contributed by atoms with Gasteiger partial charge in [0.2, 0.25) is 0 Å². The van der Waals surface area contributed by atoms with E-state index in [4.69, 9.17) is 27.2 Å². The summed E-state index contributed by atoms with van der Waals surface area (Å²) in [5.41, 5.74) is 7.34. The number of ether oxygens (including phenoxy) is 1. The summed E-state index contributed by atoms with van der Waals surface area (Å²) in [5, 5.41) is 9.51. The molecule has 0 aliphatic rings. The Kier molecular flexibility index (Phi) is 3.75. The Morgan fingerprint density at radius 1 is 1.57 bits per heavy atom. The SMILES string of the molecule is COc1c(C)ccc(Cl)c1C(N)CO. The van der Waals surface area contributed by atoms with E-state index in [1.54, 1.807) is 13.2 Å². The summed E-state index contributed by atoms with van der Waals surface area (Å²) < 4.78 is 5.20. The Labute approximate surface area is 88.4 Å². The second-order valence-electron chi connectivity index (χ2n) is 3.10. The van der Waals surface area contributed by atoms with E-state index in [2.05, 4.69) is 0 Å². The van der Waals surface area contributed by atoms with Gasteiger partial charge in [0.05, 0.1) is 19.8 Å². The van der Waals surface area contributed by atoms with Gasteiger partial charge in [-0.3, -0.25) is 0 Å². The second-order valence-corrected chi connectivity index (χ2v) is 3.51. The monoisotopic (exact) mass is 215 g/mol. The van der Waals surface area contributed by atoms with Crippen LogP contribution in [0.3, 0.4) is 0 Å². The van der Waals surface area contributed by atoms with Crippen molar-refractivity contribution < 1.29 is 9.84 Å². The third-order valence-corrected chi connectivity index (χ3v) is 2.44. The van der Waals surface area contributed by atoms with E-state index in [-0.39, 0.29) is 6.61 Å². The van der Waals surface area contributed by atoms with E-state index < -0.39 is 6.04 Å². The summed E-state index contributed by atoms with van der Waals surface area (Å²) in [4.78, 5) is 0. The minimum Gasteiger partial charge on any atom is -0.496 e. The summed E-state index contributed by atoms with van der Waals surface area (Å²) in [6, 6.07) is 3.11. The van der Waals surface area contributed by atoms with Crippen molar-refractivity contribution in [1.29, 1.82) is 0 Å². The molecule has 1 unspecified atom stereocenters. The molecule has 0 saturated heterocycles. The Morgan fingerprint density at radius 2 is 2.21 bits per heavy atom. The maximum Gasteiger partial charge on any atom is 0.128 e. The van der Waals surface area contributed by atoms with Crippen LogP contribution < -0.4 is 10.5 Å². The highest BCUT2D eigenvalue weighted by Crippen LogP contribution is 2.33. The van der Waals surface area contributed by atoms with Gasteiger partial charge in [-0.05, 0) is 18.6 Å². The lowest BCUT2D eigenvalue weighted by molar-refractivity contribution is 0.264. The molecule has 1 aromatic rings. The molecule has 3 nitrogen and oxygen atoms in total. The largest absolute Gasteiger partial charge is 0.496 e. The van der Waals surface area contributed by atoms with Crippen LogP contribution in [0.4, 0.5) is 0 Å². The average molecular weight is 216 g/mol. The molecule has 0 spiro atoms. The minimum absolute atomic E-state index is 0.153. The van der Waals surface area contributed by atoms with Crippen molar-refractivity contribution in [3.63, 3.8) is 0 Å². The van der Waals surface area contributed by atoms with Crippen LogP contribution >= 0.6 is 11.6 Å². The number of halogens is 1. The molecular weight excluding hydrogens is 202 g/mol. The van der Waals surface area contributed by atoms with Gasteiger partial charge in [0.1, 0.15) is 5.75 Å². The zero-order valence-corrected chi connectivity index (χ0v) is 9.01. The first-order chi connectivity index (χ1) is 6.61. The predicted molar refractivity (Wildman–Crippen MR) is 56.8 cm³/mol. The number of methoxy groups -OCH3 is 1. The lowest BCUT2D eigenvalue weighted by atomic mass is 10.0. The molecule has 0 radical (unpaired) electrons. The minimum atomic E-state index is -0.502. The maximum atomic E-state index is 8.98. The highest BCUT2D eigenvalue weighted by Gasteiger charge is 2.16. The normalized spacial score (nSPS) is 12.6. The van der Waals surface area contributed by atoms with E-state index in [1.807, 2.05) is 13.0 Å². The van der Waals surface area contributed by atoms with Gasteiger partial charge in [0, 0.05) is 10.6 Å². The van der Waals surface area contributed by atoms with E-state index in [0.29, 0.717) is 16.3 Å². The molecule has 78 valence electrons. The number of aliphatic hydroxyl groups excluding tert-OH is 1. The first-order valence-electron chi connectivity index (χ1n) is 4.31. The Bertz CT molecular complexity index is 328. The molecule has 14 heavy (non-hydrogen) atoms. The molecule has 1 rings (SSSR count). The van der Waals surface area contributed by atoms with Gasteiger partial charge in [-0.25, -0.2) is 0 Å². The molecule has 0 fully saturated rings. The number of benzene rings is 1. The summed E-state index contributed by atoms with van der Waals surface area (Å²) in [6.07, 6.45) is 0. The molecular formula is C10H14ClNO2. The maximum absolute atomic E-state index is 8.98. The van der Waals surface area contributed by atoms with Gasteiger partial charge < -0.3 is 15.6 Å². The number of hydrogen-bond donors (Lipinski definition) is 2. The molecule has 0 aliphatic carbocycles. The average Bonchev–Trinajstić information content (AvgIpc) is 2.19. The first-order valence-corrected chi connectivity index (χ1v) is 4.69. The standard InChI is InChI=1S/C10H14ClNO2/c1-6-3-4-7(11)9(8(12)5-13)10(6)14-2/h3-4,8,13H,5,12H2,1-2H3. The highest BCUT2D eigenvalue weighted by molar-refractivity contribution is 6.31. The molecule has 0 aliphatic heterocycles. The number of aryl methyl sites for hydroxylation is 1. The second kappa shape index (κ2) is 4.64. The van der Waals surface area contributed by atoms with Crippen LogP contribution in [0.15, 0.2) is 12.1 Å². The fraction of sp³-hybridized carbons (Fsp3) is 0.400. The smallest absolute Gasteiger partial charge is 0.128 e. The van der Waals surface area contributed by atoms with Crippen LogP contribution in [0.2, 0.25) is 5.02 Å². The van der Waals surface area contributed by atoms with Gasteiger partial charge in [-0.15, -0.1) is 0 Å². The van der Waals surface area contributed by atoms with Crippen molar-refractivity contribution >= 4 is 11.6 Å². The van der Waals surface area contributed by atoms with Crippen molar-refractivity contribution in [2.24, 2.45) is 5.73 Å². The van der Waals surface area contributed by atoms with E-state index in [1.165, 1.54) is 0 Å². The highest BCUT2D eigenvalue weighted by atomic mass is 35.5. The van der Waals surface area contributed by atoms with Crippen molar-refractivity contribution in [3.05, 3.63) is 28.3 Å². The zero-order chi connectivity index (χ0) is 10.7. The van der Waals surface area contributed by atoms with Crippen molar-refractivity contribution in [2.45, 2.75) is 13.0 Å². The van der Waals surface area contributed by atoms with E-state index in [9.17, 15) is 0 Å². The van der Waals surface area contributed by atoms with Gasteiger partial charge in [-0.2, -0.15) is 0 Å². The number of aliphatic hydroxyl groups is 1. The number of hydrogen-bond acceptors (Lipinski definition) is 3. The lowest BCUT2D eigenvalue weighted by Gasteiger charge is -2.17. The quantitative estimate of drug-likeness (QED) is 0.806. The number of rotatable bonds is 3. The van der Waals surface area contributed by atoms with Crippen LogP contribution in [0.5, 0.6) is 5.75 Å². The zero-order valence-electron chi connectivity index (χ0n) is 8.25. The molecule has 1 aromatic carbocycles. The fourth-order valence-corrected chi connectivity index (χ4v) is 1.68. The van der Waals surface area contributed by atoms with Gasteiger partial charge in [-0.1, -0.05) is 17.7 Å². The Hall–Kier alpha value is -0.770. The third kappa shape index (κ3) is 2.00. The summed E-state index contributed by atoms with van der Waals surface area (Å²) in [6.45, 7) is 1.75. The summed E-state index contributed by atoms with van der Waals surface area (Å²) >= 11 is 5.98. The van der Waals surface area contributed by atoms with Crippen molar-refractivity contribution in [2.75, 3.05) is 13.7 Å². The van der Waals surface area contributed by atoms with E-state index in [0.717, 1.165) is 5.56 Å². The Balaban J connectivity index is 3.29.